The summed E-state index contributed by atoms with van der Waals surface area (Å²) in [6.07, 6.45) is 1.94. The third-order valence-corrected chi connectivity index (χ3v) is 4.30. The van der Waals surface area contributed by atoms with E-state index in [0.29, 0.717) is 11.1 Å². The van der Waals surface area contributed by atoms with Gasteiger partial charge < -0.3 is 0 Å². The van der Waals surface area contributed by atoms with Crippen LogP contribution in [0.25, 0.3) is 20.9 Å². The number of thioether (sulfide) groups is 1. The molecule has 0 aliphatic heterocycles. The summed E-state index contributed by atoms with van der Waals surface area (Å²) in [5.74, 6) is -0.412. The number of benzene rings is 2. The van der Waals surface area contributed by atoms with Crippen molar-refractivity contribution in [2.24, 2.45) is 10.2 Å². The normalized spacial score (nSPS) is 12.4. The van der Waals surface area contributed by atoms with Crippen LogP contribution in [-0.2, 0) is 5.54 Å². The first-order valence-corrected chi connectivity index (χ1v) is 8.22. The molecule has 0 aliphatic carbocycles. The summed E-state index contributed by atoms with van der Waals surface area (Å²) in [4.78, 5) is 19.6. The molecule has 8 heteroatoms. The minimum Gasteiger partial charge on any atom is -0.293 e. The highest BCUT2D eigenvalue weighted by Gasteiger charge is 2.39. The van der Waals surface area contributed by atoms with Crippen LogP contribution in [0.4, 0.5) is 0 Å². The lowest BCUT2D eigenvalue weighted by Crippen LogP contribution is -2.36. The zero-order valence-electron chi connectivity index (χ0n) is 12.9. The van der Waals surface area contributed by atoms with Gasteiger partial charge in [0.2, 0.25) is 0 Å². The minimum atomic E-state index is -1.61. The van der Waals surface area contributed by atoms with E-state index in [-0.39, 0.29) is 6.54 Å². The molecule has 0 radical (unpaired) electrons. The molecule has 2 aromatic carbocycles. The summed E-state index contributed by atoms with van der Waals surface area (Å²) in [5.41, 5.74) is 17.0. The lowest BCUT2D eigenvalue weighted by molar-refractivity contribution is 0.0892. The first kappa shape index (κ1) is 17.4. The van der Waals surface area contributed by atoms with Gasteiger partial charge in [0, 0.05) is 26.8 Å². The fourth-order valence-corrected chi connectivity index (χ4v) is 2.74. The number of hydrogen-bond acceptors (Lipinski definition) is 4. The third-order valence-electron chi connectivity index (χ3n) is 3.56. The van der Waals surface area contributed by atoms with E-state index < -0.39 is 11.3 Å². The number of rotatable bonds is 7. The topological polar surface area (TPSA) is 115 Å². The van der Waals surface area contributed by atoms with Crippen molar-refractivity contribution in [1.29, 1.82) is 0 Å². The Morgan fingerprint density at radius 2 is 1.75 bits per heavy atom. The fraction of sp³-hybridized carbons (Fsp3) is 0.188. The van der Waals surface area contributed by atoms with E-state index in [1.54, 1.807) is 54.2 Å². The van der Waals surface area contributed by atoms with Gasteiger partial charge in [-0.2, -0.15) is 0 Å². The largest absolute Gasteiger partial charge is 0.293 e. The average molecular weight is 338 g/mol. The molecule has 0 amide bonds. The summed E-state index contributed by atoms with van der Waals surface area (Å²) in [5, 5.41) is 7.27. The van der Waals surface area contributed by atoms with Crippen molar-refractivity contribution in [2.75, 3.05) is 12.8 Å². The Balaban J connectivity index is 2.64. The Hall–Kier alpha value is -2.92. The van der Waals surface area contributed by atoms with Crippen molar-refractivity contribution in [3.05, 3.63) is 86.6 Å². The number of azide groups is 2. The summed E-state index contributed by atoms with van der Waals surface area (Å²) in [6.45, 7) is -0.292. The molecule has 1 atom stereocenters. The zero-order chi connectivity index (χ0) is 17.4. The monoisotopic (exact) mass is 338 g/mol. The Kier molecular flexibility index (Phi) is 5.87. The number of carbonyl (C=O) groups excluding carboxylic acids is 1. The van der Waals surface area contributed by atoms with E-state index in [4.69, 9.17) is 11.1 Å². The average Bonchev–Trinajstić information content (AvgIpc) is 2.65. The predicted octanol–water partition coefficient (Wildman–Crippen LogP) is 5.11. The summed E-state index contributed by atoms with van der Waals surface area (Å²) < 4.78 is 0. The van der Waals surface area contributed by atoms with Crippen LogP contribution >= 0.6 is 11.8 Å². The standard InChI is InChI=1S/C16H14N6OS/c1-24-14-9-7-13(8-10-14)16(20-22-18,11-19-21-17)15(23)12-5-3-2-4-6-12/h2-10H,11H2,1H3/t16-/m0/s1. The van der Waals surface area contributed by atoms with Gasteiger partial charge in [-0.3, -0.25) is 4.79 Å². The molecule has 0 saturated carbocycles. The highest BCUT2D eigenvalue weighted by molar-refractivity contribution is 7.98. The van der Waals surface area contributed by atoms with Crippen molar-refractivity contribution in [2.45, 2.75) is 10.4 Å². The number of carbonyl (C=O) groups is 1. The summed E-state index contributed by atoms with van der Waals surface area (Å²) in [6, 6.07) is 15.6. The maximum atomic E-state index is 13.1. The second kappa shape index (κ2) is 8.08. The van der Waals surface area contributed by atoms with Crippen LogP contribution in [-0.4, -0.2) is 18.6 Å². The van der Waals surface area contributed by atoms with Crippen LogP contribution in [0.3, 0.4) is 0 Å². The van der Waals surface area contributed by atoms with E-state index >= 15 is 0 Å². The Morgan fingerprint density at radius 3 is 2.29 bits per heavy atom. The van der Waals surface area contributed by atoms with Crippen LogP contribution < -0.4 is 0 Å². The van der Waals surface area contributed by atoms with Gasteiger partial charge in [-0.1, -0.05) is 52.7 Å². The van der Waals surface area contributed by atoms with E-state index in [2.05, 4.69) is 20.1 Å². The maximum absolute atomic E-state index is 13.1. The number of Topliss-reactive ketones (excluding diaryl/α,β-unsaturated/α-hetero) is 1. The fourth-order valence-electron chi connectivity index (χ4n) is 2.33. The van der Waals surface area contributed by atoms with Crippen LogP contribution in [0.1, 0.15) is 15.9 Å². The molecule has 0 aromatic heterocycles. The smallest absolute Gasteiger partial charge is 0.179 e. The molecule has 120 valence electrons. The van der Waals surface area contributed by atoms with Crippen molar-refractivity contribution in [3.8, 4) is 0 Å². The van der Waals surface area contributed by atoms with Gasteiger partial charge in [0.05, 0.1) is 0 Å². The maximum Gasteiger partial charge on any atom is 0.179 e. The van der Waals surface area contributed by atoms with E-state index in [0.717, 1.165) is 4.90 Å². The van der Waals surface area contributed by atoms with E-state index in [9.17, 15) is 4.79 Å². The molecular formula is C16H14N6OS. The van der Waals surface area contributed by atoms with Gasteiger partial charge in [-0.05, 0) is 35.0 Å². The highest BCUT2D eigenvalue weighted by Crippen LogP contribution is 2.32. The first-order chi connectivity index (χ1) is 11.7. The molecule has 0 fully saturated rings. The molecule has 0 spiro atoms. The molecule has 0 unspecified atom stereocenters. The van der Waals surface area contributed by atoms with Gasteiger partial charge >= 0.3 is 0 Å². The molecule has 0 N–H and O–H groups in total. The van der Waals surface area contributed by atoms with Gasteiger partial charge in [0.25, 0.3) is 0 Å². The van der Waals surface area contributed by atoms with E-state index in [1.165, 1.54) is 0 Å². The van der Waals surface area contributed by atoms with Gasteiger partial charge in [-0.25, -0.2) is 0 Å². The van der Waals surface area contributed by atoms with Crippen molar-refractivity contribution >= 4 is 17.5 Å². The van der Waals surface area contributed by atoms with Gasteiger partial charge in [0.1, 0.15) is 5.54 Å². The molecule has 2 aromatic rings. The van der Waals surface area contributed by atoms with Crippen LogP contribution in [0.2, 0.25) is 0 Å². The SMILES string of the molecule is CSc1ccc([C@](CN=[N+]=[N-])(N=[N+]=[N-])C(=O)c2ccccc2)cc1. The van der Waals surface area contributed by atoms with Gasteiger partial charge in [0.15, 0.2) is 5.78 Å². The Labute approximate surface area is 143 Å². The molecule has 2 rings (SSSR count). The zero-order valence-corrected chi connectivity index (χ0v) is 13.7. The highest BCUT2D eigenvalue weighted by atomic mass is 32.2. The van der Waals surface area contributed by atoms with Crippen molar-refractivity contribution in [1.82, 2.24) is 0 Å². The number of ketones is 1. The van der Waals surface area contributed by atoms with Crippen LogP contribution in [0.15, 0.2) is 69.7 Å². The second-order valence-corrected chi connectivity index (χ2v) is 5.74. The van der Waals surface area contributed by atoms with E-state index in [1.807, 2.05) is 18.4 Å². The summed E-state index contributed by atoms with van der Waals surface area (Å²) >= 11 is 1.55. The molecule has 24 heavy (non-hydrogen) atoms. The molecule has 0 bridgehead atoms. The quantitative estimate of drug-likeness (QED) is 0.229. The van der Waals surface area contributed by atoms with Crippen molar-refractivity contribution < 1.29 is 4.79 Å². The number of hydrogen-bond donors (Lipinski definition) is 0. The Bertz CT molecular complexity index is 810. The van der Waals surface area contributed by atoms with Crippen LogP contribution in [0.5, 0.6) is 0 Å². The third kappa shape index (κ3) is 3.52. The van der Waals surface area contributed by atoms with Gasteiger partial charge in [-0.15, -0.1) is 11.8 Å². The first-order valence-electron chi connectivity index (χ1n) is 6.99. The van der Waals surface area contributed by atoms with Crippen molar-refractivity contribution in [3.63, 3.8) is 0 Å². The molecule has 7 nitrogen and oxygen atoms in total. The van der Waals surface area contributed by atoms with Crippen LogP contribution in [0, 0.1) is 0 Å². The Morgan fingerprint density at radius 1 is 1.08 bits per heavy atom. The molecule has 0 saturated heterocycles. The second-order valence-electron chi connectivity index (χ2n) is 4.86. The minimum absolute atomic E-state index is 0.292. The molecule has 0 aliphatic rings. The molecular weight excluding hydrogens is 324 g/mol. The predicted molar refractivity (Wildman–Crippen MR) is 93.8 cm³/mol. The molecule has 0 heterocycles. The number of nitrogens with zero attached hydrogens (tertiary/aromatic N) is 6. The lowest BCUT2D eigenvalue weighted by atomic mass is 9.83. The summed E-state index contributed by atoms with van der Waals surface area (Å²) in [7, 11) is 0. The lowest BCUT2D eigenvalue weighted by Gasteiger charge is -2.26.